The first-order chi connectivity index (χ1) is 14.9. The van der Waals surface area contributed by atoms with Gasteiger partial charge >= 0.3 is 0 Å². The molecule has 1 saturated heterocycles. The van der Waals surface area contributed by atoms with Gasteiger partial charge in [0.2, 0.25) is 0 Å². The molecule has 0 unspecified atom stereocenters. The Morgan fingerprint density at radius 1 is 1.19 bits per heavy atom. The van der Waals surface area contributed by atoms with Gasteiger partial charge in [-0.3, -0.25) is 9.48 Å². The maximum atomic E-state index is 12.9. The Morgan fingerprint density at radius 2 is 1.97 bits per heavy atom. The molecule has 162 valence electrons. The Bertz CT molecular complexity index is 1200. The van der Waals surface area contributed by atoms with E-state index in [-0.39, 0.29) is 29.1 Å². The number of carbonyl (C=O) groups excluding carboxylic acids is 1. The third-order valence-corrected chi connectivity index (χ3v) is 7.71. The lowest BCUT2D eigenvalue weighted by Gasteiger charge is -2.13. The first-order valence-electron chi connectivity index (χ1n) is 9.78. The molecule has 4 rings (SSSR count). The number of methoxy groups -OCH3 is 1. The highest BCUT2D eigenvalue weighted by molar-refractivity contribution is 7.98. The van der Waals surface area contributed by atoms with E-state index in [4.69, 9.17) is 4.74 Å². The van der Waals surface area contributed by atoms with Crippen molar-refractivity contribution in [3.05, 3.63) is 60.3 Å². The summed E-state index contributed by atoms with van der Waals surface area (Å²) in [5, 5.41) is 7.40. The summed E-state index contributed by atoms with van der Waals surface area (Å²) in [5.41, 5.74) is 2.46. The predicted octanol–water partition coefficient (Wildman–Crippen LogP) is 3.89. The van der Waals surface area contributed by atoms with E-state index >= 15 is 0 Å². The number of sulfone groups is 1. The molecular weight excluding hydrogens is 434 g/mol. The van der Waals surface area contributed by atoms with Crippen LogP contribution >= 0.6 is 11.8 Å². The molecular formula is C22H23N3O4S2. The van der Waals surface area contributed by atoms with Crippen molar-refractivity contribution in [1.82, 2.24) is 9.78 Å². The van der Waals surface area contributed by atoms with Gasteiger partial charge in [-0.1, -0.05) is 6.07 Å². The van der Waals surface area contributed by atoms with Crippen LogP contribution in [0.5, 0.6) is 5.75 Å². The predicted molar refractivity (Wildman–Crippen MR) is 123 cm³/mol. The van der Waals surface area contributed by atoms with Gasteiger partial charge in [-0.15, -0.1) is 11.8 Å². The third kappa shape index (κ3) is 4.77. The van der Waals surface area contributed by atoms with Crippen LogP contribution in [0.3, 0.4) is 0 Å². The van der Waals surface area contributed by atoms with Crippen molar-refractivity contribution in [3.8, 4) is 17.0 Å². The Labute approximate surface area is 185 Å². The van der Waals surface area contributed by atoms with Crippen molar-refractivity contribution in [3.63, 3.8) is 0 Å². The second kappa shape index (κ2) is 8.76. The minimum Gasteiger partial charge on any atom is -0.497 e. The minimum absolute atomic E-state index is 0.0225. The second-order valence-electron chi connectivity index (χ2n) is 7.33. The zero-order chi connectivity index (χ0) is 22.0. The van der Waals surface area contributed by atoms with E-state index in [2.05, 4.69) is 10.4 Å². The number of thioether (sulfide) groups is 1. The number of aromatic nitrogens is 2. The number of rotatable bonds is 6. The molecule has 1 aromatic heterocycles. The van der Waals surface area contributed by atoms with Crippen LogP contribution < -0.4 is 10.1 Å². The average molecular weight is 458 g/mol. The van der Waals surface area contributed by atoms with E-state index in [1.165, 1.54) is 0 Å². The first-order valence-corrected chi connectivity index (χ1v) is 12.8. The van der Waals surface area contributed by atoms with Crippen LogP contribution in [-0.2, 0) is 9.84 Å². The van der Waals surface area contributed by atoms with E-state index in [0.717, 1.165) is 10.5 Å². The third-order valence-electron chi connectivity index (χ3n) is 5.24. The molecule has 31 heavy (non-hydrogen) atoms. The van der Waals surface area contributed by atoms with E-state index < -0.39 is 9.84 Å². The van der Waals surface area contributed by atoms with Gasteiger partial charge < -0.3 is 10.1 Å². The number of nitrogens with zero attached hydrogens (tertiary/aromatic N) is 2. The topological polar surface area (TPSA) is 90.3 Å². The number of nitrogens with one attached hydrogen (secondary N) is 1. The highest BCUT2D eigenvalue weighted by Crippen LogP contribution is 2.31. The minimum atomic E-state index is -3.10. The second-order valence-corrected chi connectivity index (χ2v) is 10.4. The van der Waals surface area contributed by atoms with Crippen LogP contribution in [0.25, 0.3) is 11.3 Å². The number of amides is 1. The molecule has 0 saturated carbocycles. The summed E-state index contributed by atoms with van der Waals surface area (Å²) in [7, 11) is -1.51. The molecule has 3 aromatic rings. The zero-order valence-corrected chi connectivity index (χ0v) is 18.9. The molecule has 1 aliphatic heterocycles. The first kappa shape index (κ1) is 21.5. The fraction of sp³-hybridized carbons (Fsp3) is 0.273. The number of carbonyl (C=O) groups is 1. The lowest BCUT2D eigenvalue weighted by molar-refractivity contribution is 0.102. The van der Waals surface area contributed by atoms with Gasteiger partial charge in [0.25, 0.3) is 5.91 Å². The molecule has 2 aromatic carbocycles. The van der Waals surface area contributed by atoms with Gasteiger partial charge in [0.05, 0.1) is 30.4 Å². The normalized spacial score (nSPS) is 17.4. The summed E-state index contributed by atoms with van der Waals surface area (Å²) in [6.45, 7) is 0. The van der Waals surface area contributed by atoms with Crippen LogP contribution in [0.1, 0.15) is 23.0 Å². The van der Waals surface area contributed by atoms with Crippen LogP contribution in [0, 0.1) is 0 Å². The van der Waals surface area contributed by atoms with E-state index in [1.807, 2.05) is 54.8 Å². The molecule has 0 aliphatic carbocycles. The van der Waals surface area contributed by atoms with Crippen LogP contribution in [0.15, 0.2) is 59.5 Å². The molecule has 7 nitrogen and oxygen atoms in total. The fourth-order valence-corrected chi connectivity index (χ4v) is 5.78. The summed E-state index contributed by atoms with van der Waals surface area (Å²) < 4.78 is 31.0. The lowest BCUT2D eigenvalue weighted by atomic mass is 10.1. The summed E-state index contributed by atoms with van der Waals surface area (Å²) >= 11 is 1.59. The number of hydrogen-bond acceptors (Lipinski definition) is 6. The average Bonchev–Trinajstić information content (AvgIpc) is 3.37. The molecule has 2 heterocycles. The van der Waals surface area contributed by atoms with Gasteiger partial charge in [0.15, 0.2) is 15.5 Å². The number of anilines is 1. The van der Waals surface area contributed by atoms with Crippen LogP contribution in [0.4, 0.5) is 5.69 Å². The molecule has 1 fully saturated rings. The zero-order valence-electron chi connectivity index (χ0n) is 17.2. The molecule has 9 heteroatoms. The Hall–Kier alpha value is -2.78. The molecule has 1 N–H and O–H groups in total. The van der Waals surface area contributed by atoms with Gasteiger partial charge in [-0.2, -0.15) is 5.10 Å². The molecule has 1 amide bonds. The number of ether oxygens (including phenoxy) is 1. The van der Waals surface area contributed by atoms with Crippen LogP contribution in [0.2, 0.25) is 0 Å². The largest absolute Gasteiger partial charge is 0.497 e. The van der Waals surface area contributed by atoms with Crippen molar-refractivity contribution in [2.75, 3.05) is 30.2 Å². The van der Waals surface area contributed by atoms with Gasteiger partial charge in [0, 0.05) is 16.1 Å². The summed E-state index contributed by atoms with van der Waals surface area (Å²) in [6, 6.07) is 16.4. The van der Waals surface area contributed by atoms with E-state index in [1.54, 1.807) is 29.6 Å². The van der Waals surface area contributed by atoms with Crippen molar-refractivity contribution < 1.29 is 17.9 Å². The molecule has 1 atom stereocenters. The van der Waals surface area contributed by atoms with Crippen molar-refractivity contribution in [2.24, 2.45) is 0 Å². The van der Waals surface area contributed by atoms with E-state index in [9.17, 15) is 13.2 Å². The Morgan fingerprint density at radius 3 is 2.61 bits per heavy atom. The molecule has 0 radical (unpaired) electrons. The van der Waals surface area contributed by atoms with Crippen molar-refractivity contribution in [1.29, 1.82) is 0 Å². The monoisotopic (exact) mass is 457 g/mol. The summed E-state index contributed by atoms with van der Waals surface area (Å²) in [5.74, 6) is 0.523. The number of benzene rings is 2. The van der Waals surface area contributed by atoms with E-state index in [0.29, 0.717) is 23.6 Å². The SMILES string of the molecule is COc1ccc(-c2cc(C(=O)Nc3cccc(SC)c3)nn2[C@@H]2CCS(=O)(=O)C2)cc1. The Kier molecular flexibility index (Phi) is 6.06. The van der Waals surface area contributed by atoms with Crippen LogP contribution in [-0.4, -0.2) is 49.0 Å². The molecule has 0 spiro atoms. The maximum absolute atomic E-state index is 12.9. The fourth-order valence-electron chi connectivity index (χ4n) is 3.63. The van der Waals surface area contributed by atoms with Gasteiger partial charge in [-0.25, -0.2) is 8.42 Å². The van der Waals surface area contributed by atoms with Crippen molar-refractivity contribution in [2.45, 2.75) is 17.4 Å². The Balaban J connectivity index is 1.68. The summed E-state index contributed by atoms with van der Waals surface area (Å²) in [4.78, 5) is 14.0. The summed E-state index contributed by atoms with van der Waals surface area (Å²) in [6.07, 6.45) is 2.45. The van der Waals surface area contributed by atoms with Gasteiger partial charge in [0.1, 0.15) is 5.75 Å². The highest BCUT2D eigenvalue weighted by Gasteiger charge is 2.32. The molecule has 0 bridgehead atoms. The molecule has 1 aliphatic rings. The maximum Gasteiger partial charge on any atom is 0.276 e. The smallest absolute Gasteiger partial charge is 0.276 e. The lowest BCUT2D eigenvalue weighted by Crippen LogP contribution is -2.16. The quantitative estimate of drug-likeness (QED) is 0.565. The van der Waals surface area contributed by atoms with Crippen molar-refractivity contribution >= 4 is 33.2 Å². The number of hydrogen-bond donors (Lipinski definition) is 1. The standard InChI is InChI=1S/C22H23N3O4S2/c1-29-18-8-6-15(7-9-18)21-13-20(24-25(21)17-10-11-31(27,28)14-17)22(26)23-16-4-3-5-19(12-16)30-2/h3-9,12-13,17H,10-11,14H2,1-2H3,(H,23,26)/t17-/m1/s1. The highest BCUT2D eigenvalue weighted by atomic mass is 32.2. The van der Waals surface area contributed by atoms with Gasteiger partial charge in [-0.05, 0) is 61.2 Å².